The zero-order chi connectivity index (χ0) is 16.3. The number of rotatable bonds is 8. The lowest BCUT2D eigenvalue weighted by molar-refractivity contribution is 0.580. The molecule has 0 unspecified atom stereocenters. The Morgan fingerprint density at radius 1 is 1.27 bits per heavy atom. The van der Waals surface area contributed by atoms with Crippen LogP contribution in [0.2, 0.25) is 0 Å². The van der Waals surface area contributed by atoms with Gasteiger partial charge in [-0.15, -0.1) is 0 Å². The third kappa shape index (κ3) is 4.17. The average molecular weight is 345 g/mol. The van der Waals surface area contributed by atoms with Gasteiger partial charge in [-0.25, -0.2) is 18.1 Å². The Bertz CT molecular complexity index is 735. The van der Waals surface area contributed by atoms with Crippen molar-refractivity contribution < 1.29 is 8.42 Å². The zero-order valence-electron chi connectivity index (χ0n) is 13.5. The molecule has 0 aliphatic carbocycles. The monoisotopic (exact) mass is 345 g/mol. The van der Waals surface area contributed by atoms with E-state index in [9.17, 15) is 8.42 Å². The van der Waals surface area contributed by atoms with Crippen LogP contribution in [0, 0.1) is 13.8 Å². The van der Waals surface area contributed by atoms with Gasteiger partial charge in [0, 0.05) is 37.4 Å². The molecule has 2 aromatic heterocycles. The second kappa shape index (κ2) is 6.93. The third-order valence-corrected chi connectivity index (χ3v) is 5.02. The largest absolute Gasteiger partial charge is 0.344 e. The van der Waals surface area contributed by atoms with E-state index in [4.69, 9.17) is 0 Å². The predicted molar refractivity (Wildman–Crippen MR) is 90.3 cm³/mol. The minimum Gasteiger partial charge on any atom is -0.344 e. The first kappa shape index (κ1) is 17.2. The van der Waals surface area contributed by atoms with Gasteiger partial charge in [0.05, 0.1) is 11.9 Å². The molecule has 9 heteroatoms. The van der Waals surface area contributed by atoms with Gasteiger partial charge in [-0.3, -0.25) is 4.40 Å². The summed E-state index contributed by atoms with van der Waals surface area (Å²) in [6.45, 7) is 5.45. The van der Waals surface area contributed by atoms with Crippen LogP contribution in [-0.4, -0.2) is 48.6 Å². The minimum absolute atomic E-state index is 0.503. The Morgan fingerprint density at radius 2 is 2.00 bits per heavy atom. The molecular formula is C13H23N5O2S2. The van der Waals surface area contributed by atoms with Crippen LogP contribution in [0.1, 0.15) is 30.7 Å². The maximum Gasteiger partial charge on any atom is 0.223 e. The lowest BCUT2D eigenvalue weighted by atomic mass is 10.2. The van der Waals surface area contributed by atoms with Crippen LogP contribution in [0.25, 0.3) is 4.96 Å². The van der Waals surface area contributed by atoms with Crippen molar-refractivity contribution in [3.63, 3.8) is 0 Å². The van der Waals surface area contributed by atoms with E-state index in [1.807, 2.05) is 14.0 Å². The molecule has 0 atom stereocenters. The van der Waals surface area contributed by atoms with E-state index in [0.717, 1.165) is 48.1 Å². The maximum absolute atomic E-state index is 11.0. The van der Waals surface area contributed by atoms with Crippen LogP contribution in [-0.2, 0) is 10.0 Å². The fraction of sp³-hybridized carbons (Fsp3) is 0.692. The molecule has 0 amide bonds. The van der Waals surface area contributed by atoms with Gasteiger partial charge in [0.2, 0.25) is 20.9 Å². The maximum atomic E-state index is 11.0. The standard InChI is InChI=1S/C13H23N5O2S2/c1-10-11(2)18-12(16-21-13(18)15-10)17(3)9-7-5-6-8-14-22(4,19)20/h14H,5-9H2,1-4H3. The van der Waals surface area contributed by atoms with Crippen molar-refractivity contribution in [3.8, 4) is 0 Å². The quantitative estimate of drug-likeness (QED) is 0.735. The number of sulfonamides is 1. The van der Waals surface area contributed by atoms with E-state index >= 15 is 0 Å². The molecule has 0 fully saturated rings. The molecule has 2 aromatic rings. The second-order valence-corrected chi connectivity index (χ2v) is 8.10. The van der Waals surface area contributed by atoms with Gasteiger partial charge in [-0.2, -0.15) is 4.37 Å². The summed E-state index contributed by atoms with van der Waals surface area (Å²) in [6, 6.07) is 0. The molecule has 0 spiro atoms. The van der Waals surface area contributed by atoms with Gasteiger partial charge in [0.15, 0.2) is 0 Å². The van der Waals surface area contributed by atoms with E-state index in [1.54, 1.807) is 0 Å². The second-order valence-electron chi connectivity index (χ2n) is 5.53. The fourth-order valence-corrected chi connectivity index (χ4v) is 3.63. The van der Waals surface area contributed by atoms with Gasteiger partial charge in [-0.05, 0) is 26.7 Å². The summed E-state index contributed by atoms with van der Waals surface area (Å²) in [5, 5.41) is 0. The van der Waals surface area contributed by atoms with Crippen molar-refractivity contribution in [2.45, 2.75) is 33.1 Å². The fourth-order valence-electron chi connectivity index (χ4n) is 2.25. The number of nitrogens with one attached hydrogen (secondary N) is 1. The summed E-state index contributed by atoms with van der Waals surface area (Å²) in [4.78, 5) is 7.54. The predicted octanol–water partition coefficient (Wildman–Crippen LogP) is 1.56. The highest BCUT2D eigenvalue weighted by Gasteiger charge is 2.15. The van der Waals surface area contributed by atoms with Crippen LogP contribution in [0.3, 0.4) is 0 Å². The van der Waals surface area contributed by atoms with Crippen molar-refractivity contribution in [1.29, 1.82) is 0 Å². The molecule has 2 heterocycles. The summed E-state index contributed by atoms with van der Waals surface area (Å²) < 4.78 is 31.0. The van der Waals surface area contributed by atoms with Crippen LogP contribution in [0.5, 0.6) is 0 Å². The van der Waals surface area contributed by atoms with Crippen LogP contribution >= 0.6 is 11.5 Å². The van der Waals surface area contributed by atoms with E-state index in [0.29, 0.717) is 6.54 Å². The number of imidazole rings is 1. The Kier molecular flexibility index (Phi) is 5.41. The van der Waals surface area contributed by atoms with E-state index in [1.165, 1.54) is 17.8 Å². The van der Waals surface area contributed by atoms with E-state index in [2.05, 4.69) is 30.3 Å². The molecular weight excluding hydrogens is 322 g/mol. The minimum atomic E-state index is -3.07. The van der Waals surface area contributed by atoms with Crippen LogP contribution in [0.15, 0.2) is 0 Å². The first-order valence-electron chi connectivity index (χ1n) is 7.26. The van der Waals surface area contributed by atoms with Gasteiger partial charge in [-0.1, -0.05) is 6.42 Å². The van der Waals surface area contributed by atoms with Crippen molar-refractivity contribution in [2.24, 2.45) is 0 Å². The van der Waals surface area contributed by atoms with Crippen molar-refractivity contribution in [2.75, 3.05) is 31.3 Å². The van der Waals surface area contributed by atoms with Crippen molar-refractivity contribution in [1.82, 2.24) is 18.5 Å². The number of hydrogen-bond acceptors (Lipinski definition) is 6. The number of aromatic nitrogens is 3. The Labute approximate surface area is 135 Å². The zero-order valence-corrected chi connectivity index (χ0v) is 15.1. The van der Waals surface area contributed by atoms with Gasteiger partial charge in [0.1, 0.15) is 0 Å². The summed E-state index contributed by atoms with van der Waals surface area (Å²) in [5.41, 5.74) is 2.16. The molecule has 0 saturated heterocycles. The van der Waals surface area contributed by atoms with Gasteiger partial charge < -0.3 is 4.90 Å². The first-order valence-corrected chi connectivity index (χ1v) is 9.93. The summed E-state index contributed by atoms with van der Waals surface area (Å²) >= 11 is 1.41. The lowest BCUT2D eigenvalue weighted by Crippen LogP contribution is -2.24. The number of anilines is 1. The Balaban J connectivity index is 1.83. The number of fused-ring (bicyclic) bond motifs is 1. The van der Waals surface area contributed by atoms with Gasteiger partial charge in [0.25, 0.3) is 0 Å². The smallest absolute Gasteiger partial charge is 0.223 e. The molecule has 0 bridgehead atoms. The average Bonchev–Trinajstić information content (AvgIpc) is 2.94. The highest BCUT2D eigenvalue weighted by Crippen LogP contribution is 2.22. The topological polar surface area (TPSA) is 79.6 Å². The molecule has 0 aliphatic rings. The molecule has 0 aromatic carbocycles. The molecule has 22 heavy (non-hydrogen) atoms. The molecule has 0 aliphatic heterocycles. The van der Waals surface area contributed by atoms with Crippen molar-refractivity contribution >= 4 is 32.5 Å². The third-order valence-electron chi connectivity index (χ3n) is 3.60. The molecule has 0 saturated carbocycles. The molecule has 0 radical (unpaired) electrons. The lowest BCUT2D eigenvalue weighted by Gasteiger charge is -2.16. The Hall–Kier alpha value is -1.19. The summed E-state index contributed by atoms with van der Waals surface area (Å²) in [5.74, 6) is 0.923. The number of aryl methyl sites for hydroxylation is 2. The number of unbranched alkanes of at least 4 members (excludes halogenated alkanes) is 2. The molecule has 1 N–H and O–H groups in total. The van der Waals surface area contributed by atoms with E-state index in [-0.39, 0.29) is 0 Å². The highest BCUT2D eigenvalue weighted by atomic mass is 32.2. The van der Waals surface area contributed by atoms with Crippen molar-refractivity contribution in [3.05, 3.63) is 11.4 Å². The summed E-state index contributed by atoms with van der Waals surface area (Å²) in [6.07, 6.45) is 4.00. The number of hydrogen-bond donors (Lipinski definition) is 1. The Morgan fingerprint density at radius 3 is 2.68 bits per heavy atom. The number of nitrogens with zero attached hydrogens (tertiary/aromatic N) is 4. The first-order chi connectivity index (χ1) is 10.3. The SMILES string of the molecule is Cc1nc2snc(N(C)CCCCCNS(C)(=O)=O)n2c1C. The van der Waals surface area contributed by atoms with Gasteiger partial charge >= 0.3 is 0 Å². The summed E-state index contributed by atoms with van der Waals surface area (Å²) in [7, 11) is -1.04. The highest BCUT2D eigenvalue weighted by molar-refractivity contribution is 7.88. The molecule has 7 nitrogen and oxygen atoms in total. The van der Waals surface area contributed by atoms with E-state index < -0.39 is 10.0 Å². The normalized spacial score (nSPS) is 12.2. The molecule has 2 rings (SSSR count). The van der Waals surface area contributed by atoms with Crippen LogP contribution in [0.4, 0.5) is 5.95 Å². The molecule has 124 valence electrons. The van der Waals surface area contributed by atoms with Crippen LogP contribution < -0.4 is 9.62 Å².